The molecule has 24 heavy (non-hydrogen) atoms. The van der Waals surface area contributed by atoms with E-state index in [2.05, 4.69) is 29.0 Å². The number of benzene rings is 1. The molecule has 1 aromatic rings. The molecule has 2 heterocycles. The normalized spacial score (nSPS) is 22.3. The molecule has 122 valence electrons. The van der Waals surface area contributed by atoms with Crippen molar-refractivity contribution >= 4 is 17.4 Å². The number of hydrogen-bond donors (Lipinski definition) is 1. The number of halogens is 1. The van der Waals surface area contributed by atoms with Crippen LogP contribution in [-0.4, -0.2) is 36.9 Å². The minimum Gasteiger partial charge on any atom is -0.454 e. The van der Waals surface area contributed by atoms with Gasteiger partial charge in [0.05, 0.1) is 5.56 Å². The molecule has 0 spiro atoms. The second-order valence-electron chi connectivity index (χ2n) is 6.04. The highest BCUT2D eigenvalue weighted by Gasteiger charge is 2.25. The summed E-state index contributed by atoms with van der Waals surface area (Å²) in [6, 6.07) is 5.67. The van der Waals surface area contributed by atoms with Crippen molar-refractivity contribution in [1.29, 1.82) is 0 Å². The first kappa shape index (κ1) is 15.3. The Morgan fingerprint density at radius 2 is 2.17 bits per heavy atom. The van der Waals surface area contributed by atoms with E-state index >= 15 is 0 Å². The summed E-state index contributed by atoms with van der Waals surface area (Å²) in [7, 11) is 0. The molecule has 0 amide bonds. The minimum atomic E-state index is 0.183. The van der Waals surface area contributed by atoms with Gasteiger partial charge in [0.2, 0.25) is 0 Å². The van der Waals surface area contributed by atoms with Gasteiger partial charge in [-0.3, -0.25) is 0 Å². The van der Waals surface area contributed by atoms with Crippen molar-refractivity contribution in [2.75, 3.05) is 26.2 Å². The zero-order valence-electron chi connectivity index (χ0n) is 13.5. The number of aliphatic imine (C=N–C) groups is 1. The highest BCUT2D eigenvalue weighted by atomic mass is 35.5. The molecule has 5 heteroatoms. The van der Waals surface area contributed by atoms with Gasteiger partial charge in [0, 0.05) is 37.1 Å². The number of hydrogen-bond acceptors (Lipinski definition) is 4. The summed E-state index contributed by atoms with van der Waals surface area (Å²) in [6.07, 6.45) is 3.99. The number of piperazine rings is 1. The Hall–Kier alpha value is -2.22. The van der Waals surface area contributed by atoms with Crippen LogP contribution in [0, 0.1) is 17.8 Å². The fourth-order valence-electron chi connectivity index (χ4n) is 2.94. The summed E-state index contributed by atoms with van der Waals surface area (Å²) < 4.78 is 6.14. The molecule has 0 aromatic heterocycles. The van der Waals surface area contributed by atoms with Crippen LogP contribution in [0.3, 0.4) is 0 Å². The van der Waals surface area contributed by atoms with Gasteiger partial charge in [0.25, 0.3) is 0 Å². The minimum absolute atomic E-state index is 0.183. The Bertz CT molecular complexity index is 823. The van der Waals surface area contributed by atoms with E-state index in [0.29, 0.717) is 16.5 Å². The van der Waals surface area contributed by atoms with Crippen molar-refractivity contribution in [3.63, 3.8) is 0 Å². The smallest absolute Gasteiger partial charge is 0.161 e. The molecule has 1 atom stereocenters. The first-order chi connectivity index (χ1) is 11.7. The SMILES string of the molecule is CC1C#CC2=C(C=C1)Oc1ccc(Cl)cc1C(N1CCNCC1)=N2. The number of amidine groups is 1. The third-order valence-electron chi connectivity index (χ3n) is 4.22. The van der Waals surface area contributed by atoms with Gasteiger partial charge in [0.15, 0.2) is 11.5 Å². The van der Waals surface area contributed by atoms with Gasteiger partial charge < -0.3 is 15.0 Å². The third-order valence-corrected chi connectivity index (χ3v) is 4.46. The number of nitrogens with one attached hydrogen (secondary N) is 1. The predicted octanol–water partition coefficient (Wildman–Crippen LogP) is 2.81. The second-order valence-corrected chi connectivity index (χ2v) is 6.48. The molecule has 1 N–H and O–H groups in total. The van der Waals surface area contributed by atoms with E-state index in [-0.39, 0.29) is 5.92 Å². The zero-order valence-corrected chi connectivity index (χ0v) is 14.2. The van der Waals surface area contributed by atoms with Gasteiger partial charge in [-0.25, -0.2) is 4.99 Å². The molecule has 0 radical (unpaired) electrons. The molecule has 2 aliphatic heterocycles. The summed E-state index contributed by atoms with van der Waals surface area (Å²) in [6.45, 7) is 5.72. The van der Waals surface area contributed by atoms with Gasteiger partial charge in [0.1, 0.15) is 11.6 Å². The number of fused-ring (bicyclic) bond motifs is 1. The summed E-state index contributed by atoms with van der Waals surface area (Å²) in [4.78, 5) is 7.15. The molecule has 0 bridgehead atoms. The molecule has 4 rings (SSSR count). The molecule has 1 aliphatic carbocycles. The van der Waals surface area contributed by atoms with Crippen LogP contribution in [0.4, 0.5) is 0 Å². The van der Waals surface area contributed by atoms with E-state index in [1.165, 1.54) is 0 Å². The largest absolute Gasteiger partial charge is 0.454 e. The molecule has 4 nitrogen and oxygen atoms in total. The van der Waals surface area contributed by atoms with E-state index in [1.54, 1.807) is 0 Å². The molecule has 1 aromatic carbocycles. The van der Waals surface area contributed by atoms with E-state index in [9.17, 15) is 0 Å². The fourth-order valence-corrected chi connectivity index (χ4v) is 3.11. The Kier molecular flexibility index (Phi) is 4.05. The quantitative estimate of drug-likeness (QED) is 0.738. The van der Waals surface area contributed by atoms with Gasteiger partial charge in [-0.2, -0.15) is 0 Å². The highest BCUT2D eigenvalue weighted by molar-refractivity contribution is 6.31. The average molecular weight is 340 g/mol. The second kappa shape index (κ2) is 6.35. The van der Waals surface area contributed by atoms with Crippen molar-refractivity contribution in [2.45, 2.75) is 6.92 Å². The molecular formula is C19H18ClN3O. The number of allylic oxidation sites excluding steroid dienone is 3. The molecular weight excluding hydrogens is 322 g/mol. The molecule has 1 saturated heterocycles. The first-order valence-corrected chi connectivity index (χ1v) is 8.54. The lowest BCUT2D eigenvalue weighted by molar-refractivity contribution is 0.357. The van der Waals surface area contributed by atoms with Gasteiger partial charge in [-0.1, -0.05) is 23.6 Å². The van der Waals surface area contributed by atoms with E-state index in [1.807, 2.05) is 30.4 Å². The van der Waals surface area contributed by atoms with E-state index in [4.69, 9.17) is 21.3 Å². The number of nitrogens with zero attached hydrogens (tertiary/aromatic N) is 2. The first-order valence-electron chi connectivity index (χ1n) is 8.17. The van der Waals surface area contributed by atoms with Crippen LogP contribution < -0.4 is 10.1 Å². The number of ether oxygens (including phenoxy) is 1. The van der Waals surface area contributed by atoms with Crippen molar-refractivity contribution in [3.05, 3.63) is 52.4 Å². The van der Waals surface area contributed by atoms with Crippen LogP contribution in [0.2, 0.25) is 5.02 Å². The fraction of sp³-hybridized carbons (Fsp3) is 0.316. The lowest BCUT2D eigenvalue weighted by Gasteiger charge is -2.30. The van der Waals surface area contributed by atoms with Crippen LogP contribution in [0.25, 0.3) is 0 Å². The topological polar surface area (TPSA) is 36.9 Å². The predicted molar refractivity (Wildman–Crippen MR) is 96.2 cm³/mol. The van der Waals surface area contributed by atoms with Crippen LogP contribution in [0.1, 0.15) is 12.5 Å². The van der Waals surface area contributed by atoms with Gasteiger partial charge in [-0.15, -0.1) is 0 Å². The summed E-state index contributed by atoms with van der Waals surface area (Å²) in [5.74, 6) is 8.90. The Morgan fingerprint density at radius 3 is 3.00 bits per heavy atom. The standard InChI is InChI=1S/C19H18ClN3O/c1-13-2-5-16-18(6-3-13)24-17-7-4-14(20)12-15(17)19(22-16)23-10-8-21-9-11-23/h3-4,6-7,12-13,21H,8-11H2,1H3. The van der Waals surface area contributed by atoms with Gasteiger partial charge >= 0.3 is 0 Å². The molecule has 0 saturated carbocycles. The van der Waals surface area contributed by atoms with Crippen LogP contribution in [0.5, 0.6) is 5.75 Å². The monoisotopic (exact) mass is 339 g/mol. The van der Waals surface area contributed by atoms with Crippen LogP contribution in [0.15, 0.2) is 46.8 Å². The molecule has 1 unspecified atom stereocenters. The summed E-state index contributed by atoms with van der Waals surface area (Å²) >= 11 is 6.24. The van der Waals surface area contributed by atoms with Gasteiger partial charge in [-0.05, 0) is 37.1 Å². The Labute approximate surface area is 146 Å². The Morgan fingerprint density at radius 1 is 1.33 bits per heavy atom. The van der Waals surface area contributed by atoms with E-state index in [0.717, 1.165) is 43.3 Å². The summed E-state index contributed by atoms with van der Waals surface area (Å²) in [5.41, 5.74) is 1.59. The maximum atomic E-state index is 6.24. The number of rotatable bonds is 0. The van der Waals surface area contributed by atoms with Crippen molar-refractivity contribution in [1.82, 2.24) is 10.2 Å². The zero-order chi connectivity index (χ0) is 16.5. The summed E-state index contributed by atoms with van der Waals surface area (Å²) in [5, 5.41) is 4.05. The van der Waals surface area contributed by atoms with E-state index < -0.39 is 0 Å². The molecule has 1 fully saturated rings. The van der Waals surface area contributed by atoms with Crippen LogP contribution in [-0.2, 0) is 0 Å². The maximum absolute atomic E-state index is 6.24. The third kappa shape index (κ3) is 2.93. The molecule has 3 aliphatic rings. The van der Waals surface area contributed by atoms with Crippen molar-refractivity contribution in [3.8, 4) is 17.6 Å². The maximum Gasteiger partial charge on any atom is 0.161 e. The highest BCUT2D eigenvalue weighted by Crippen LogP contribution is 2.31. The van der Waals surface area contributed by atoms with Crippen molar-refractivity contribution < 1.29 is 4.74 Å². The van der Waals surface area contributed by atoms with Crippen molar-refractivity contribution in [2.24, 2.45) is 10.9 Å². The lowest BCUT2D eigenvalue weighted by Crippen LogP contribution is -2.46. The Balaban J connectivity index is 1.87. The lowest BCUT2D eigenvalue weighted by atomic mass is 10.1. The average Bonchev–Trinajstić information content (AvgIpc) is 2.86. The van der Waals surface area contributed by atoms with Crippen LogP contribution >= 0.6 is 11.6 Å².